The summed E-state index contributed by atoms with van der Waals surface area (Å²) in [6.07, 6.45) is 1.46. The third kappa shape index (κ3) is 3.52. The normalized spacial score (nSPS) is 11.0. The molecule has 0 unspecified atom stereocenters. The molecule has 22 heavy (non-hydrogen) atoms. The lowest BCUT2D eigenvalue weighted by Gasteiger charge is -2.11. The Labute approximate surface area is 134 Å². The van der Waals surface area contributed by atoms with E-state index in [0.717, 1.165) is 24.3 Å². The lowest BCUT2D eigenvalue weighted by Crippen LogP contribution is -2.14. The van der Waals surface area contributed by atoms with Gasteiger partial charge in [0.25, 0.3) is 15.7 Å². The number of halogens is 1. The zero-order valence-electron chi connectivity index (χ0n) is 11.2. The summed E-state index contributed by atoms with van der Waals surface area (Å²) in [5, 5.41) is 10.6. The van der Waals surface area contributed by atoms with Crippen molar-refractivity contribution in [2.24, 2.45) is 0 Å². The first kappa shape index (κ1) is 16.2. The summed E-state index contributed by atoms with van der Waals surface area (Å²) in [5.74, 6) is 0.105. The maximum Gasteiger partial charge on any atom is 0.269 e. The van der Waals surface area contributed by atoms with Gasteiger partial charge in [0.2, 0.25) is 5.88 Å². The molecule has 1 aromatic heterocycles. The van der Waals surface area contributed by atoms with Crippen molar-refractivity contribution in [1.82, 2.24) is 4.98 Å². The van der Waals surface area contributed by atoms with Gasteiger partial charge in [0.1, 0.15) is 5.69 Å². The fraction of sp³-hybridized carbons (Fsp3) is 0.0833. The van der Waals surface area contributed by atoms with Crippen LogP contribution in [0, 0.1) is 10.1 Å². The first-order valence-electron chi connectivity index (χ1n) is 5.80. The summed E-state index contributed by atoms with van der Waals surface area (Å²) in [6.45, 7) is 0. The van der Waals surface area contributed by atoms with E-state index in [1.807, 2.05) is 0 Å². The molecule has 0 radical (unpaired) electrons. The molecule has 8 nitrogen and oxygen atoms in total. The maximum atomic E-state index is 12.3. The molecule has 1 aromatic carbocycles. The van der Waals surface area contributed by atoms with Crippen LogP contribution in [-0.4, -0.2) is 25.4 Å². The summed E-state index contributed by atoms with van der Waals surface area (Å²) >= 11 is 3.19. The Balaban J connectivity index is 2.35. The molecule has 0 spiro atoms. The third-order valence-electron chi connectivity index (χ3n) is 2.61. The standard InChI is InChI=1S/C12H10BrN3O5S/c1-21-12-11(6-8(13)7-14-12)15-22(19,20)10-4-2-9(3-5-10)16(17)18/h2-7,15H,1H3. The van der Waals surface area contributed by atoms with Gasteiger partial charge < -0.3 is 4.74 Å². The Bertz CT molecular complexity index is 808. The van der Waals surface area contributed by atoms with Gasteiger partial charge in [-0.05, 0) is 34.1 Å². The summed E-state index contributed by atoms with van der Waals surface area (Å²) in [7, 11) is -2.56. The van der Waals surface area contributed by atoms with Crippen molar-refractivity contribution in [1.29, 1.82) is 0 Å². The molecular formula is C12H10BrN3O5S. The lowest BCUT2D eigenvalue weighted by molar-refractivity contribution is -0.384. The molecule has 1 heterocycles. The molecule has 0 saturated heterocycles. The van der Waals surface area contributed by atoms with E-state index in [4.69, 9.17) is 4.74 Å². The van der Waals surface area contributed by atoms with Gasteiger partial charge in [-0.1, -0.05) is 0 Å². The minimum absolute atomic E-state index is 0.105. The molecule has 116 valence electrons. The van der Waals surface area contributed by atoms with Crippen molar-refractivity contribution >= 4 is 37.3 Å². The number of anilines is 1. The topological polar surface area (TPSA) is 111 Å². The Morgan fingerprint density at radius 2 is 1.95 bits per heavy atom. The van der Waals surface area contributed by atoms with Crippen molar-refractivity contribution in [3.05, 3.63) is 51.1 Å². The van der Waals surface area contributed by atoms with Crippen LogP contribution in [0.5, 0.6) is 5.88 Å². The predicted octanol–water partition coefficient (Wildman–Crippen LogP) is 2.56. The number of aromatic nitrogens is 1. The second-order valence-electron chi connectivity index (χ2n) is 4.07. The van der Waals surface area contributed by atoms with Crippen molar-refractivity contribution in [3.8, 4) is 5.88 Å². The molecule has 2 aromatic rings. The number of nitrogens with zero attached hydrogens (tertiary/aromatic N) is 2. The Morgan fingerprint density at radius 3 is 2.50 bits per heavy atom. The molecule has 1 N–H and O–H groups in total. The minimum Gasteiger partial charge on any atom is -0.479 e. The molecule has 0 amide bonds. The van der Waals surface area contributed by atoms with Gasteiger partial charge in [0.05, 0.1) is 16.9 Å². The van der Waals surface area contributed by atoms with Gasteiger partial charge in [-0.2, -0.15) is 0 Å². The van der Waals surface area contributed by atoms with E-state index in [1.165, 1.54) is 19.4 Å². The van der Waals surface area contributed by atoms with Gasteiger partial charge in [-0.25, -0.2) is 13.4 Å². The number of hydrogen-bond acceptors (Lipinski definition) is 6. The molecule has 0 atom stereocenters. The molecule has 0 aliphatic carbocycles. The SMILES string of the molecule is COc1ncc(Br)cc1NS(=O)(=O)c1ccc([N+](=O)[O-])cc1. The highest BCUT2D eigenvalue weighted by atomic mass is 79.9. The fourth-order valence-corrected chi connectivity index (χ4v) is 2.99. The van der Waals surface area contributed by atoms with Crippen LogP contribution < -0.4 is 9.46 Å². The first-order chi connectivity index (χ1) is 10.3. The van der Waals surface area contributed by atoms with E-state index in [0.29, 0.717) is 4.47 Å². The summed E-state index contributed by atoms with van der Waals surface area (Å²) in [6, 6.07) is 6.03. The van der Waals surface area contributed by atoms with Crippen molar-refractivity contribution in [2.45, 2.75) is 4.90 Å². The summed E-state index contributed by atoms with van der Waals surface area (Å²) in [5.41, 5.74) is -0.0455. The summed E-state index contributed by atoms with van der Waals surface area (Å²) in [4.78, 5) is 13.8. The van der Waals surface area contributed by atoms with E-state index in [9.17, 15) is 18.5 Å². The van der Waals surface area contributed by atoms with Crippen LogP contribution in [-0.2, 0) is 10.0 Å². The number of pyridine rings is 1. The van der Waals surface area contributed by atoms with Gasteiger partial charge in [-0.3, -0.25) is 14.8 Å². The lowest BCUT2D eigenvalue weighted by atomic mass is 10.3. The Morgan fingerprint density at radius 1 is 1.32 bits per heavy atom. The zero-order valence-corrected chi connectivity index (χ0v) is 13.6. The van der Waals surface area contributed by atoms with E-state index in [1.54, 1.807) is 0 Å². The number of methoxy groups -OCH3 is 1. The number of rotatable bonds is 5. The molecule has 0 aliphatic heterocycles. The van der Waals surface area contributed by atoms with Crippen molar-refractivity contribution in [3.63, 3.8) is 0 Å². The van der Waals surface area contributed by atoms with E-state index in [2.05, 4.69) is 25.6 Å². The van der Waals surface area contributed by atoms with Crippen LogP contribution in [0.4, 0.5) is 11.4 Å². The first-order valence-corrected chi connectivity index (χ1v) is 8.08. The molecule has 2 rings (SSSR count). The number of ether oxygens (including phenoxy) is 1. The Hall–Kier alpha value is -2.20. The molecule has 0 saturated carbocycles. The number of sulfonamides is 1. The predicted molar refractivity (Wildman–Crippen MR) is 82.4 cm³/mol. The molecule has 0 bridgehead atoms. The van der Waals surface area contributed by atoms with Crippen LogP contribution in [0.15, 0.2) is 45.9 Å². The number of nitro groups is 1. The smallest absolute Gasteiger partial charge is 0.269 e. The van der Waals surface area contributed by atoms with Crippen molar-refractivity contribution < 1.29 is 18.1 Å². The Kier molecular flexibility index (Phi) is 4.62. The molecule has 10 heteroatoms. The van der Waals surface area contributed by atoms with E-state index in [-0.39, 0.29) is 22.2 Å². The number of hydrogen-bond donors (Lipinski definition) is 1. The zero-order chi connectivity index (χ0) is 16.3. The second kappa shape index (κ2) is 6.28. The van der Waals surface area contributed by atoms with Crippen LogP contribution in [0.25, 0.3) is 0 Å². The largest absolute Gasteiger partial charge is 0.479 e. The van der Waals surface area contributed by atoms with Crippen molar-refractivity contribution in [2.75, 3.05) is 11.8 Å². The molecular weight excluding hydrogens is 378 g/mol. The number of non-ortho nitro benzene ring substituents is 1. The van der Waals surface area contributed by atoms with E-state index >= 15 is 0 Å². The minimum atomic E-state index is -3.92. The number of benzene rings is 1. The maximum absolute atomic E-state index is 12.3. The second-order valence-corrected chi connectivity index (χ2v) is 6.66. The van der Waals surface area contributed by atoms with Gasteiger partial charge in [0.15, 0.2) is 0 Å². The number of nitrogens with one attached hydrogen (secondary N) is 1. The highest BCUT2D eigenvalue weighted by molar-refractivity contribution is 9.10. The quantitative estimate of drug-likeness (QED) is 0.623. The highest BCUT2D eigenvalue weighted by Gasteiger charge is 2.18. The highest BCUT2D eigenvalue weighted by Crippen LogP contribution is 2.27. The van der Waals surface area contributed by atoms with Crippen LogP contribution >= 0.6 is 15.9 Å². The van der Waals surface area contributed by atoms with Gasteiger partial charge in [-0.15, -0.1) is 0 Å². The monoisotopic (exact) mass is 387 g/mol. The average molecular weight is 388 g/mol. The fourth-order valence-electron chi connectivity index (χ4n) is 1.61. The van der Waals surface area contributed by atoms with Gasteiger partial charge in [0, 0.05) is 22.8 Å². The summed E-state index contributed by atoms with van der Waals surface area (Å²) < 4.78 is 32.4. The average Bonchev–Trinajstić information content (AvgIpc) is 2.47. The van der Waals surface area contributed by atoms with Crippen LogP contribution in [0.3, 0.4) is 0 Å². The number of nitro benzene ring substituents is 1. The third-order valence-corrected chi connectivity index (χ3v) is 4.43. The van der Waals surface area contributed by atoms with E-state index < -0.39 is 14.9 Å². The molecule has 0 aliphatic rings. The molecule has 0 fully saturated rings. The van der Waals surface area contributed by atoms with Gasteiger partial charge >= 0.3 is 0 Å². The van der Waals surface area contributed by atoms with Crippen LogP contribution in [0.1, 0.15) is 0 Å². The van der Waals surface area contributed by atoms with Crippen LogP contribution in [0.2, 0.25) is 0 Å².